The van der Waals surface area contributed by atoms with E-state index in [1.165, 1.54) is 0 Å². The molecule has 3 heteroatoms. The van der Waals surface area contributed by atoms with E-state index in [-0.39, 0.29) is 11.6 Å². The van der Waals surface area contributed by atoms with Crippen molar-refractivity contribution in [1.82, 2.24) is 0 Å². The third kappa shape index (κ3) is 2.16. The second-order valence-electron chi connectivity index (χ2n) is 5.44. The highest BCUT2D eigenvalue weighted by molar-refractivity contribution is 9.10. The standard InChI is InChI=1S/C20H11BrO2/c21-18-8-4-3-7-16(18)19(22)12-9-10-14-13-5-1-2-6-15(13)20(23)17(14)11-12/h1-11H. The fraction of sp³-hybridized carbons (Fsp3) is 0. The van der Waals surface area contributed by atoms with E-state index in [1.54, 1.807) is 18.2 Å². The molecule has 0 bridgehead atoms. The first-order valence-electron chi connectivity index (χ1n) is 7.24. The van der Waals surface area contributed by atoms with Crippen LogP contribution in [0.15, 0.2) is 71.2 Å². The Morgan fingerprint density at radius 3 is 2.17 bits per heavy atom. The summed E-state index contributed by atoms with van der Waals surface area (Å²) in [5.74, 6) is -0.110. The molecule has 0 saturated heterocycles. The molecule has 0 amide bonds. The van der Waals surface area contributed by atoms with Crippen molar-refractivity contribution < 1.29 is 9.59 Å². The van der Waals surface area contributed by atoms with Crippen LogP contribution in [-0.2, 0) is 0 Å². The van der Waals surface area contributed by atoms with Gasteiger partial charge in [-0.05, 0) is 29.3 Å². The lowest BCUT2D eigenvalue weighted by atomic mass is 9.98. The Hall–Kier alpha value is -2.52. The van der Waals surface area contributed by atoms with Gasteiger partial charge in [-0.1, -0.05) is 64.5 Å². The van der Waals surface area contributed by atoms with Gasteiger partial charge in [0, 0.05) is 26.7 Å². The van der Waals surface area contributed by atoms with E-state index in [9.17, 15) is 9.59 Å². The van der Waals surface area contributed by atoms with Crippen LogP contribution < -0.4 is 0 Å². The summed E-state index contributed by atoms with van der Waals surface area (Å²) in [6.45, 7) is 0. The maximum absolute atomic E-state index is 12.7. The van der Waals surface area contributed by atoms with Gasteiger partial charge in [-0.15, -0.1) is 0 Å². The fourth-order valence-electron chi connectivity index (χ4n) is 2.97. The van der Waals surface area contributed by atoms with Gasteiger partial charge >= 0.3 is 0 Å². The predicted molar refractivity (Wildman–Crippen MR) is 92.9 cm³/mol. The molecule has 0 atom stereocenters. The number of hydrogen-bond acceptors (Lipinski definition) is 2. The Labute approximate surface area is 141 Å². The highest BCUT2D eigenvalue weighted by atomic mass is 79.9. The van der Waals surface area contributed by atoms with E-state index in [4.69, 9.17) is 0 Å². The van der Waals surface area contributed by atoms with Crippen LogP contribution in [0.3, 0.4) is 0 Å². The molecule has 0 saturated carbocycles. The number of fused-ring (bicyclic) bond motifs is 3. The van der Waals surface area contributed by atoms with Crippen LogP contribution >= 0.6 is 15.9 Å². The van der Waals surface area contributed by atoms with Crippen molar-refractivity contribution in [2.75, 3.05) is 0 Å². The van der Waals surface area contributed by atoms with Crippen molar-refractivity contribution in [3.05, 3.63) is 93.5 Å². The highest BCUT2D eigenvalue weighted by Gasteiger charge is 2.27. The molecular formula is C20H11BrO2. The third-order valence-corrected chi connectivity index (χ3v) is 4.80. The summed E-state index contributed by atoms with van der Waals surface area (Å²) in [5, 5.41) is 0. The van der Waals surface area contributed by atoms with Crippen molar-refractivity contribution in [3.8, 4) is 11.1 Å². The molecule has 0 aromatic heterocycles. The Balaban J connectivity index is 1.82. The van der Waals surface area contributed by atoms with Crippen LogP contribution in [0.2, 0.25) is 0 Å². The first-order valence-corrected chi connectivity index (χ1v) is 8.03. The summed E-state index contributed by atoms with van der Waals surface area (Å²) < 4.78 is 0.750. The molecule has 1 aliphatic rings. The zero-order valence-corrected chi connectivity index (χ0v) is 13.6. The van der Waals surface area contributed by atoms with Crippen LogP contribution in [0, 0.1) is 0 Å². The lowest BCUT2D eigenvalue weighted by Crippen LogP contribution is -2.04. The molecule has 0 aliphatic heterocycles. The van der Waals surface area contributed by atoms with Gasteiger partial charge < -0.3 is 0 Å². The summed E-state index contributed by atoms with van der Waals surface area (Å²) in [6.07, 6.45) is 0. The minimum atomic E-state index is -0.0935. The van der Waals surface area contributed by atoms with Gasteiger partial charge in [-0.25, -0.2) is 0 Å². The molecule has 0 heterocycles. The molecule has 0 N–H and O–H groups in total. The third-order valence-electron chi connectivity index (χ3n) is 4.11. The van der Waals surface area contributed by atoms with E-state index < -0.39 is 0 Å². The summed E-state index contributed by atoms with van der Waals surface area (Å²) in [4.78, 5) is 25.3. The summed E-state index contributed by atoms with van der Waals surface area (Å²) >= 11 is 3.40. The number of hydrogen-bond donors (Lipinski definition) is 0. The average Bonchev–Trinajstić information content (AvgIpc) is 2.88. The Morgan fingerprint density at radius 2 is 1.39 bits per heavy atom. The second-order valence-corrected chi connectivity index (χ2v) is 6.30. The molecule has 0 fully saturated rings. The van der Waals surface area contributed by atoms with E-state index in [0.29, 0.717) is 22.3 Å². The topological polar surface area (TPSA) is 34.1 Å². The molecule has 3 aromatic rings. The zero-order valence-electron chi connectivity index (χ0n) is 12.0. The van der Waals surface area contributed by atoms with Crippen LogP contribution in [-0.4, -0.2) is 11.6 Å². The monoisotopic (exact) mass is 362 g/mol. The van der Waals surface area contributed by atoms with Crippen LogP contribution in [0.25, 0.3) is 11.1 Å². The van der Waals surface area contributed by atoms with Gasteiger partial charge in [0.2, 0.25) is 0 Å². The molecule has 2 nitrogen and oxygen atoms in total. The highest BCUT2D eigenvalue weighted by Crippen LogP contribution is 2.37. The van der Waals surface area contributed by atoms with Gasteiger partial charge in [0.15, 0.2) is 11.6 Å². The van der Waals surface area contributed by atoms with Crippen LogP contribution in [0.1, 0.15) is 31.8 Å². The van der Waals surface area contributed by atoms with Gasteiger partial charge in [-0.2, -0.15) is 0 Å². The Morgan fingerprint density at radius 1 is 0.739 bits per heavy atom. The number of carbonyl (C=O) groups excluding carboxylic acids is 2. The maximum atomic E-state index is 12.7. The van der Waals surface area contributed by atoms with Crippen LogP contribution in [0.5, 0.6) is 0 Å². The molecule has 0 radical (unpaired) electrons. The first kappa shape index (κ1) is 14.1. The number of ketones is 2. The van der Waals surface area contributed by atoms with E-state index in [1.807, 2.05) is 48.5 Å². The molecule has 0 unspecified atom stereocenters. The number of benzene rings is 3. The van der Waals surface area contributed by atoms with E-state index in [0.717, 1.165) is 15.6 Å². The lowest BCUT2D eigenvalue weighted by Gasteiger charge is -2.06. The van der Waals surface area contributed by atoms with Crippen molar-refractivity contribution >= 4 is 27.5 Å². The smallest absolute Gasteiger partial charge is 0.194 e. The molecule has 110 valence electrons. The largest absolute Gasteiger partial charge is 0.289 e. The van der Waals surface area contributed by atoms with E-state index >= 15 is 0 Å². The predicted octanol–water partition coefficient (Wildman–Crippen LogP) is 4.89. The minimum absolute atomic E-state index is 0.0163. The van der Waals surface area contributed by atoms with Gasteiger partial charge in [-0.3, -0.25) is 9.59 Å². The zero-order chi connectivity index (χ0) is 16.0. The van der Waals surface area contributed by atoms with E-state index in [2.05, 4.69) is 15.9 Å². The molecular weight excluding hydrogens is 352 g/mol. The maximum Gasteiger partial charge on any atom is 0.194 e. The minimum Gasteiger partial charge on any atom is -0.289 e. The average molecular weight is 363 g/mol. The van der Waals surface area contributed by atoms with Gasteiger partial charge in [0.25, 0.3) is 0 Å². The van der Waals surface area contributed by atoms with Crippen molar-refractivity contribution in [2.45, 2.75) is 0 Å². The molecule has 0 spiro atoms. The Bertz CT molecular complexity index is 973. The molecule has 23 heavy (non-hydrogen) atoms. The normalized spacial score (nSPS) is 12.0. The number of carbonyl (C=O) groups is 2. The van der Waals surface area contributed by atoms with Gasteiger partial charge in [0.1, 0.15) is 0 Å². The molecule has 1 aliphatic carbocycles. The summed E-state index contributed by atoms with van der Waals surface area (Å²) in [6, 6.07) is 20.2. The summed E-state index contributed by atoms with van der Waals surface area (Å²) in [5.41, 5.74) is 4.26. The van der Waals surface area contributed by atoms with Gasteiger partial charge in [0.05, 0.1) is 0 Å². The number of rotatable bonds is 2. The quantitative estimate of drug-likeness (QED) is 0.475. The Kier molecular flexibility index (Phi) is 3.24. The van der Waals surface area contributed by atoms with Crippen molar-refractivity contribution in [3.63, 3.8) is 0 Å². The molecule has 4 rings (SSSR count). The number of halogens is 1. The first-order chi connectivity index (χ1) is 11.2. The van der Waals surface area contributed by atoms with Crippen LogP contribution in [0.4, 0.5) is 0 Å². The fourth-order valence-corrected chi connectivity index (χ4v) is 3.43. The van der Waals surface area contributed by atoms with Crippen molar-refractivity contribution in [1.29, 1.82) is 0 Å². The van der Waals surface area contributed by atoms with Crippen molar-refractivity contribution in [2.24, 2.45) is 0 Å². The second kappa shape index (κ2) is 5.28. The lowest BCUT2D eigenvalue weighted by molar-refractivity contribution is 0.103. The SMILES string of the molecule is O=C(c1ccc2c(c1)C(=O)c1ccccc1-2)c1ccccc1Br. The molecule has 3 aromatic carbocycles. The summed E-state index contributed by atoms with van der Waals surface area (Å²) in [7, 11) is 0.